The molecule has 0 aromatic heterocycles. The maximum absolute atomic E-state index is 12.6. The van der Waals surface area contributed by atoms with E-state index in [4.69, 9.17) is 11.6 Å². The highest BCUT2D eigenvalue weighted by Crippen LogP contribution is 2.19. The number of hydrogen-bond donors (Lipinski definition) is 0. The van der Waals surface area contributed by atoms with Gasteiger partial charge in [0.2, 0.25) is 0 Å². The summed E-state index contributed by atoms with van der Waals surface area (Å²) in [6.45, 7) is -5.54. The molecule has 1 aromatic rings. The second-order valence-electron chi connectivity index (χ2n) is 2.36. The lowest BCUT2D eigenvalue weighted by Crippen LogP contribution is -2.37. The molecule has 7 heteroatoms. The highest BCUT2D eigenvalue weighted by Gasteiger charge is 2.31. The predicted molar refractivity (Wildman–Crippen MR) is 40.1 cm³/mol. The van der Waals surface area contributed by atoms with E-state index in [1.807, 2.05) is 0 Å². The number of benzene rings is 1. The minimum absolute atomic E-state index is 0.149. The second-order valence-corrected chi connectivity index (χ2v) is 2.77. The van der Waals surface area contributed by atoms with Crippen molar-refractivity contribution in [3.63, 3.8) is 0 Å². The summed E-state index contributed by atoms with van der Waals surface area (Å²) in [5.41, 5.74) is -1.58. The quantitative estimate of drug-likeness (QED) is 0.499. The van der Waals surface area contributed by atoms with Crippen molar-refractivity contribution in [2.45, 2.75) is 0 Å². The summed E-state index contributed by atoms with van der Waals surface area (Å²) in [5.74, 6) is -2.82. The highest BCUT2D eigenvalue weighted by atomic mass is 35.5. The van der Waals surface area contributed by atoms with Gasteiger partial charge in [0.25, 0.3) is 0 Å². The third kappa shape index (κ3) is 2.12. The average molecular weight is 215 g/mol. The Morgan fingerprint density at radius 2 is 1.62 bits per heavy atom. The fraction of sp³-hybridized carbons (Fsp3) is 0. The molecule has 0 atom stereocenters. The van der Waals surface area contributed by atoms with Crippen molar-refractivity contribution in [3.8, 4) is 0 Å². The van der Waals surface area contributed by atoms with Crippen LogP contribution in [0.3, 0.4) is 0 Å². The van der Waals surface area contributed by atoms with Crippen molar-refractivity contribution in [2.75, 3.05) is 0 Å². The molecular formula is C6H2BClF5-. The lowest BCUT2D eigenvalue weighted by molar-refractivity contribution is 0.493. The molecule has 1 aromatic carbocycles. The molecule has 0 heterocycles. The molecule has 0 fully saturated rings. The summed E-state index contributed by atoms with van der Waals surface area (Å²) in [5, 5.41) is -0.954. The van der Waals surface area contributed by atoms with Crippen LogP contribution in [0.5, 0.6) is 0 Å². The largest absolute Gasteiger partial charge is 0.513 e. The van der Waals surface area contributed by atoms with E-state index in [0.717, 1.165) is 0 Å². The summed E-state index contributed by atoms with van der Waals surface area (Å²) in [6, 6.07) is 0.575. The maximum Gasteiger partial charge on any atom is 0.513 e. The van der Waals surface area contributed by atoms with Crippen molar-refractivity contribution in [3.05, 3.63) is 28.8 Å². The average Bonchev–Trinajstić information content (AvgIpc) is 1.78. The summed E-state index contributed by atoms with van der Waals surface area (Å²) >= 11 is 5.04. The summed E-state index contributed by atoms with van der Waals surface area (Å²) in [7, 11) is 0. The first-order valence-electron chi connectivity index (χ1n) is 3.16. The highest BCUT2D eigenvalue weighted by molar-refractivity contribution is 6.76. The molecular weight excluding hydrogens is 213 g/mol. The van der Waals surface area contributed by atoms with Crippen LogP contribution in [0.1, 0.15) is 0 Å². The van der Waals surface area contributed by atoms with Gasteiger partial charge in [-0.05, 0) is 6.07 Å². The Labute approximate surface area is 75.4 Å². The Morgan fingerprint density at radius 1 is 1.08 bits per heavy atom. The van der Waals surface area contributed by atoms with E-state index in [9.17, 15) is 21.7 Å². The van der Waals surface area contributed by atoms with Gasteiger partial charge in [0.1, 0.15) is 11.6 Å². The van der Waals surface area contributed by atoms with Crippen LogP contribution in [0, 0.1) is 11.6 Å². The van der Waals surface area contributed by atoms with Gasteiger partial charge in [0.05, 0.1) is 0 Å². The van der Waals surface area contributed by atoms with Crippen molar-refractivity contribution < 1.29 is 21.7 Å². The van der Waals surface area contributed by atoms with Crippen LogP contribution in [-0.2, 0) is 0 Å². The zero-order valence-corrected chi connectivity index (χ0v) is 6.76. The fourth-order valence-corrected chi connectivity index (χ4v) is 1.18. The maximum atomic E-state index is 12.6. The molecule has 72 valence electrons. The lowest BCUT2D eigenvalue weighted by Gasteiger charge is -2.17. The van der Waals surface area contributed by atoms with Crippen LogP contribution in [0.4, 0.5) is 21.7 Å². The van der Waals surface area contributed by atoms with Crippen molar-refractivity contribution >= 4 is 24.0 Å². The molecule has 0 saturated heterocycles. The predicted octanol–water partition coefficient (Wildman–Crippen LogP) is 2.67. The summed E-state index contributed by atoms with van der Waals surface area (Å²) in [6.07, 6.45) is 0. The van der Waals surface area contributed by atoms with E-state index in [2.05, 4.69) is 0 Å². The minimum Gasteiger partial charge on any atom is -0.445 e. The Balaban J connectivity index is 3.38. The van der Waals surface area contributed by atoms with Gasteiger partial charge >= 0.3 is 6.98 Å². The van der Waals surface area contributed by atoms with Crippen molar-refractivity contribution in [2.24, 2.45) is 0 Å². The summed E-state index contributed by atoms with van der Waals surface area (Å²) in [4.78, 5) is 0. The van der Waals surface area contributed by atoms with Gasteiger partial charge in [-0.25, -0.2) is 8.78 Å². The Bertz CT molecular complexity index is 311. The molecule has 0 aliphatic rings. The van der Waals surface area contributed by atoms with Crippen LogP contribution in [0.15, 0.2) is 12.1 Å². The van der Waals surface area contributed by atoms with Gasteiger partial charge in [-0.3, -0.25) is 0 Å². The van der Waals surface area contributed by atoms with Crippen LogP contribution in [-0.4, -0.2) is 6.98 Å². The molecule has 0 spiro atoms. The van der Waals surface area contributed by atoms with Crippen LogP contribution < -0.4 is 5.46 Å². The first-order valence-corrected chi connectivity index (χ1v) is 3.54. The first kappa shape index (κ1) is 10.3. The number of halogens is 6. The topological polar surface area (TPSA) is 0 Å². The Hall–Kier alpha value is -0.775. The zero-order chi connectivity index (χ0) is 10.2. The monoisotopic (exact) mass is 215 g/mol. The van der Waals surface area contributed by atoms with Crippen molar-refractivity contribution in [1.29, 1.82) is 0 Å². The van der Waals surface area contributed by atoms with Gasteiger partial charge in [-0.2, -0.15) is 0 Å². The zero-order valence-electron chi connectivity index (χ0n) is 6.00. The van der Waals surface area contributed by atoms with Crippen LogP contribution in [0.25, 0.3) is 0 Å². The van der Waals surface area contributed by atoms with Gasteiger partial charge < -0.3 is 12.9 Å². The molecule has 0 unspecified atom stereocenters. The van der Waals surface area contributed by atoms with Gasteiger partial charge in [-0.15, -0.1) is 0 Å². The fourth-order valence-electron chi connectivity index (χ4n) is 0.866. The van der Waals surface area contributed by atoms with Gasteiger partial charge in [-0.1, -0.05) is 17.1 Å². The number of rotatable bonds is 1. The molecule has 0 nitrogen and oxygen atoms in total. The SMILES string of the molecule is Fc1cc(F)c([B-](F)(F)F)c(Cl)c1. The minimum atomic E-state index is -5.54. The first-order chi connectivity index (χ1) is 5.82. The smallest absolute Gasteiger partial charge is 0.445 e. The van der Waals surface area contributed by atoms with E-state index in [1.54, 1.807) is 0 Å². The standard InChI is InChI=1S/C6H2BClF5/c8-4-1-3(9)2-5(10)6(4)7(11,12)13/h1-2H/q-1. The third-order valence-corrected chi connectivity index (χ3v) is 1.68. The van der Waals surface area contributed by atoms with E-state index in [0.29, 0.717) is 6.07 Å². The Morgan fingerprint density at radius 3 is 2.00 bits per heavy atom. The molecule has 0 N–H and O–H groups in total. The normalized spacial score (nSPS) is 11.8. The van der Waals surface area contributed by atoms with Crippen LogP contribution in [0.2, 0.25) is 5.02 Å². The van der Waals surface area contributed by atoms with E-state index >= 15 is 0 Å². The molecule has 0 aliphatic carbocycles. The van der Waals surface area contributed by atoms with Gasteiger partial charge in [0, 0.05) is 11.1 Å². The van der Waals surface area contributed by atoms with E-state index < -0.39 is 29.1 Å². The van der Waals surface area contributed by atoms with Crippen LogP contribution >= 0.6 is 11.6 Å². The lowest BCUT2D eigenvalue weighted by atomic mass is 9.79. The van der Waals surface area contributed by atoms with Gasteiger partial charge in [0.15, 0.2) is 0 Å². The van der Waals surface area contributed by atoms with E-state index in [-0.39, 0.29) is 6.07 Å². The Kier molecular flexibility index (Phi) is 2.52. The molecule has 0 amide bonds. The van der Waals surface area contributed by atoms with Crippen molar-refractivity contribution in [1.82, 2.24) is 0 Å². The molecule has 1 rings (SSSR count). The molecule has 0 saturated carbocycles. The third-order valence-electron chi connectivity index (χ3n) is 1.37. The number of hydrogen-bond acceptors (Lipinski definition) is 0. The van der Waals surface area contributed by atoms with E-state index in [1.165, 1.54) is 0 Å². The second kappa shape index (κ2) is 3.18. The molecule has 0 aliphatic heterocycles. The summed E-state index contributed by atoms with van der Waals surface area (Å²) < 4.78 is 61.1. The molecule has 0 bridgehead atoms. The molecule has 0 radical (unpaired) electrons. The molecule has 13 heavy (non-hydrogen) atoms.